The van der Waals surface area contributed by atoms with E-state index >= 15 is 0 Å². The second-order valence-electron chi connectivity index (χ2n) is 10.0. The van der Waals surface area contributed by atoms with Gasteiger partial charge in [-0.15, -0.1) is 11.8 Å². The number of aromatic nitrogens is 5. The number of thiol groups is 1. The first-order chi connectivity index (χ1) is 19.7. The monoisotopic (exact) mass is 604 g/mol. The molecule has 15 heteroatoms. The van der Waals surface area contributed by atoms with Crippen LogP contribution in [0.2, 0.25) is 0 Å². The number of nitrogens with two attached hydrogens (primary N) is 1. The molecule has 0 spiro atoms. The summed E-state index contributed by atoms with van der Waals surface area (Å²) in [6.45, 7) is 0. The van der Waals surface area contributed by atoms with Gasteiger partial charge in [0.15, 0.2) is 17.7 Å². The summed E-state index contributed by atoms with van der Waals surface area (Å²) in [6, 6.07) is 7.51. The van der Waals surface area contributed by atoms with Gasteiger partial charge in [-0.25, -0.2) is 15.0 Å². The van der Waals surface area contributed by atoms with Gasteiger partial charge in [0.2, 0.25) is 0 Å². The van der Waals surface area contributed by atoms with E-state index in [0.717, 1.165) is 16.5 Å². The van der Waals surface area contributed by atoms with E-state index in [1.165, 1.54) is 29.0 Å². The van der Waals surface area contributed by atoms with Crippen molar-refractivity contribution in [3.05, 3.63) is 48.7 Å². The molecule has 4 aromatic rings. The Kier molecular flexibility index (Phi) is 9.03. The number of aliphatic carboxylic acids is 1. The Morgan fingerprint density at radius 1 is 1.17 bits per heavy atom. The highest BCUT2D eigenvalue weighted by Gasteiger charge is 2.45. The Hall–Kier alpha value is -2.92. The Balaban J connectivity index is 1.37. The van der Waals surface area contributed by atoms with Crippen molar-refractivity contribution < 1.29 is 35.1 Å². The standard InChI is InChI=1S/C26H32N6O7S2/c27-23-19-24(30-10-29-23)32(11-31-19)25-21(36)20(35)18(39-25)6-5-13(26(37)38)22(41-9-17(34)16(33)8-40)14-7-28-15-4-2-1-3-12(14)15/h1-4,7,10-11,13,16-18,20-22,25,28,33-36,40H,5-6,8-9H2,(H,37,38)(H2,27,29,30)/t13?,16?,17?,18-,20?,21?,22?,25-/m1/s1. The van der Waals surface area contributed by atoms with E-state index in [1.807, 2.05) is 24.3 Å². The van der Waals surface area contributed by atoms with Crippen molar-refractivity contribution in [1.82, 2.24) is 24.5 Å². The van der Waals surface area contributed by atoms with Crippen molar-refractivity contribution in [2.75, 3.05) is 17.2 Å². The zero-order chi connectivity index (χ0) is 29.3. The average Bonchev–Trinajstić information content (AvgIpc) is 3.66. The van der Waals surface area contributed by atoms with Gasteiger partial charge in [0.25, 0.3) is 0 Å². The molecule has 1 aliphatic heterocycles. The van der Waals surface area contributed by atoms with Gasteiger partial charge >= 0.3 is 5.97 Å². The van der Waals surface area contributed by atoms with E-state index in [2.05, 4.69) is 32.6 Å². The lowest BCUT2D eigenvalue weighted by Crippen LogP contribution is -2.33. The fraction of sp³-hybridized carbons (Fsp3) is 0.462. The summed E-state index contributed by atoms with van der Waals surface area (Å²) in [5, 5.41) is 52.7. The zero-order valence-electron chi connectivity index (χ0n) is 21.8. The number of carboxylic acids is 1. The largest absolute Gasteiger partial charge is 0.481 e. The molecule has 0 radical (unpaired) electrons. The number of nitrogens with one attached hydrogen (secondary N) is 1. The number of nitrogen functional groups attached to an aromatic ring is 1. The molecule has 13 nitrogen and oxygen atoms in total. The summed E-state index contributed by atoms with van der Waals surface area (Å²) < 4.78 is 7.49. The summed E-state index contributed by atoms with van der Waals surface area (Å²) in [5.74, 6) is -1.71. The van der Waals surface area contributed by atoms with Gasteiger partial charge in [-0.1, -0.05) is 18.2 Å². The molecular formula is C26H32N6O7S2. The maximum atomic E-state index is 12.6. The number of hydrogen-bond donors (Lipinski definition) is 8. The van der Waals surface area contributed by atoms with Crippen molar-refractivity contribution in [3.8, 4) is 0 Å². The Bertz CT molecular complexity index is 1500. The molecule has 1 aromatic carbocycles. The van der Waals surface area contributed by atoms with Crippen LogP contribution < -0.4 is 5.73 Å². The number of aliphatic hydroxyl groups excluding tert-OH is 4. The van der Waals surface area contributed by atoms with Gasteiger partial charge in [-0.05, 0) is 24.5 Å². The number of hydrogen-bond acceptors (Lipinski definition) is 12. The molecule has 5 rings (SSSR count). The van der Waals surface area contributed by atoms with E-state index in [1.54, 1.807) is 6.20 Å². The second kappa shape index (κ2) is 12.5. The van der Waals surface area contributed by atoms with Crippen LogP contribution in [0.1, 0.15) is 29.9 Å². The van der Waals surface area contributed by atoms with E-state index in [9.17, 15) is 30.3 Å². The number of carbonyl (C=O) groups is 1. The molecule has 8 atom stereocenters. The third kappa shape index (κ3) is 5.88. The molecule has 0 saturated carbocycles. The van der Waals surface area contributed by atoms with E-state index in [4.69, 9.17) is 10.5 Å². The number of thioether (sulfide) groups is 1. The molecule has 41 heavy (non-hydrogen) atoms. The van der Waals surface area contributed by atoms with Crippen molar-refractivity contribution in [2.45, 2.75) is 54.8 Å². The minimum absolute atomic E-state index is 0.0626. The SMILES string of the molecule is Nc1ncnc2c1ncn2[C@@H]1O[C@H](CCC(C(=O)O)C(SCC(O)C(O)CS)c2c[nH]c3ccccc23)C(O)C1O. The van der Waals surface area contributed by atoms with Crippen LogP contribution in [0, 0.1) is 5.92 Å². The molecule has 0 aliphatic carbocycles. The van der Waals surface area contributed by atoms with Crippen LogP contribution in [0.15, 0.2) is 43.1 Å². The van der Waals surface area contributed by atoms with Crippen LogP contribution in [0.3, 0.4) is 0 Å². The van der Waals surface area contributed by atoms with Gasteiger partial charge in [0.05, 0.1) is 30.6 Å². The smallest absolute Gasteiger partial charge is 0.307 e. The first kappa shape index (κ1) is 29.6. The number of ether oxygens (including phenoxy) is 1. The summed E-state index contributed by atoms with van der Waals surface area (Å²) in [6.07, 6.45) is -2.03. The van der Waals surface area contributed by atoms with Crippen molar-refractivity contribution >= 4 is 58.2 Å². The number of H-pyrrole nitrogens is 1. The lowest BCUT2D eigenvalue weighted by molar-refractivity contribution is -0.142. The van der Waals surface area contributed by atoms with Crippen LogP contribution in [0.5, 0.6) is 0 Å². The van der Waals surface area contributed by atoms with Crippen LogP contribution in [0.4, 0.5) is 5.82 Å². The first-order valence-corrected chi connectivity index (χ1v) is 14.7. The van der Waals surface area contributed by atoms with E-state index in [0.29, 0.717) is 11.2 Å². The highest BCUT2D eigenvalue weighted by atomic mass is 32.2. The minimum atomic E-state index is -1.33. The van der Waals surface area contributed by atoms with Crippen LogP contribution >= 0.6 is 24.4 Å². The number of para-hydroxylation sites is 1. The fourth-order valence-corrected chi connectivity index (χ4v) is 6.92. The molecule has 8 N–H and O–H groups in total. The van der Waals surface area contributed by atoms with Crippen LogP contribution in [-0.4, -0.2) is 98.0 Å². The summed E-state index contributed by atoms with van der Waals surface area (Å²) >= 11 is 5.27. The maximum Gasteiger partial charge on any atom is 0.307 e. The molecule has 0 bridgehead atoms. The molecule has 1 saturated heterocycles. The van der Waals surface area contributed by atoms with Gasteiger partial charge in [-0.3, -0.25) is 9.36 Å². The average molecular weight is 605 g/mol. The lowest BCUT2D eigenvalue weighted by atomic mass is 9.91. The Morgan fingerprint density at radius 3 is 2.71 bits per heavy atom. The van der Waals surface area contributed by atoms with Gasteiger partial charge < -0.3 is 41.0 Å². The normalized spacial score (nSPS) is 24.0. The van der Waals surface area contributed by atoms with E-state index in [-0.39, 0.29) is 30.2 Å². The molecular weight excluding hydrogens is 572 g/mol. The third-order valence-corrected chi connectivity index (χ3v) is 9.30. The topological polar surface area (TPSA) is 213 Å². The number of benzene rings is 1. The lowest BCUT2D eigenvalue weighted by Gasteiger charge is -2.27. The predicted octanol–water partition coefficient (Wildman–Crippen LogP) is 1.12. The second-order valence-corrected chi connectivity index (χ2v) is 11.6. The Labute approximate surface area is 244 Å². The summed E-state index contributed by atoms with van der Waals surface area (Å²) in [4.78, 5) is 28.1. The highest BCUT2D eigenvalue weighted by molar-refractivity contribution is 7.99. The summed E-state index contributed by atoms with van der Waals surface area (Å²) in [5.41, 5.74) is 8.11. The van der Waals surface area contributed by atoms with Gasteiger partial charge in [0, 0.05) is 33.9 Å². The van der Waals surface area contributed by atoms with Crippen molar-refractivity contribution in [2.24, 2.45) is 5.92 Å². The molecule has 3 aromatic heterocycles. The maximum absolute atomic E-state index is 12.6. The van der Waals surface area contributed by atoms with Crippen molar-refractivity contribution in [1.29, 1.82) is 0 Å². The molecule has 1 aliphatic rings. The quantitative estimate of drug-likeness (QED) is 0.107. The van der Waals surface area contributed by atoms with Crippen LogP contribution in [0.25, 0.3) is 22.1 Å². The zero-order valence-corrected chi connectivity index (χ0v) is 23.5. The molecule has 220 valence electrons. The highest BCUT2D eigenvalue weighted by Crippen LogP contribution is 2.43. The van der Waals surface area contributed by atoms with Gasteiger partial charge in [-0.2, -0.15) is 12.6 Å². The molecule has 0 amide bonds. The minimum Gasteiger partial charge on any atom is -0.481 e. The van der Waals surface area contributed by atoms with E-state index < -0.39 is 53.9 Å². The number of fused-ring (bicyclic) bond motifs is 2. The number of rotatable bonds is 12. The molecule has 6 unspecified atom stereocenters. The number of aromatic amines is 1. The summed E-state index contributed by atoms with van der Waals surface area (Å²) in [7, 11) is 0. The number of nitrogens with zero attached hydrogens (tertiary/aromatic N) is 4. The predicted molar refractivity (Wildman–Crippen MR) is 155 cm³/mol. The molecule has 1 fully saturated rings. The number of aliphatic hydroxyl groups is 4. The number of imidazole rings is 1. The van der Waals surface area contributed by atoms with Crippen molar-refractivity contribution in [3.63, 3.8) is 0 Å². The van der Waals surface area contributed by atoms with Gasteiger partial charge in [0.1, 0.15) is 24.1 Å². The number of carboxylic acid groups (broad SMARTS) is 1. The fourth-order valence-electron chi connectivity index (χ4n) is 5.19. The third-order valence-electron chi connectivity index (χ3n) is 7.45. The number of anilines is 1. The first-order valence-electron chi connectivity index (χ1n) is 13.0. The molecule has 4 heterocycles. The van der Waals surface area contributed by atoms with Crippen LogP contribution in [-0.2, 0) is 9.53 Å². The Morgan fingerprint density at radius 2 is 1.95 bits per heavy atom.